The Balaban J connectivity index is 2.40. The van der Waals surface area contributed by atoms with Crippen molar-refractivity contribution in [1.82, 2.24) is 0 Å². The second-order valence-corrected chi connectivity index (χ2v) is 5.04. The van der Waals surface area contributed by atoms with E-state index in [1.807, 2.05) is 0 Å². The molecule has 2 aromatic rings. The van der Waals surface area contributed by atoms with Gasteiger partial charge in [-0.3, -0.25) is 4.79 Å². The van der Waals surface area contributed by atoms with Crippen molar-refractivity contribution in [2.75, 3.05) is 0 Å². The van der Waals surface area contributed by atoms with E-state index < -0.39 is 11.9 Å². The summed E-state index contributed by atoms with van der Waals surface area (Å²) in [5.41, 5.74) is 1.65. The molecule has 1 unspecified atom stereocenters. The highest BCUT2D eigenvalue weighted by molar-refractivity contribution is 6.09. The van der Waals surface area contributed by atoms with Crippen molar-refractivity contribution >= 4 is 16.6 Å². The molecule has 3 N–H and O–H groups in total. The van der Waals surface area contributed by atoms with Crippen LogP contribution in [-0.4, -0.2) is 27.2 Å². The molecule has 1 aliphatic rings. The summed E-state index contributed by atoms with van der Waals surface area (Å²) in [5, 5.41) is 30.8. The number of hydrogen-bond donors (Lipinski definition) is 3. The fourth-order valence-corrected chi connectivity index (χ4v) is 2.83. The predicted molar refractivity (Wildman–Crippen MR) is 70.7 cm³/mol. The Bertz CT molecular complexity index is 703. The van der Waals surface area contributed by atoms with Crippen LogP contribution in [-0.2, 0) is 6.42 Å². The SMILES string of the molecule is Cc1cc(O)cc2cc3c(c(O)c12)C(=O)C(O)CC3. The number of benzene rings is 2. The monoisotopic (exact) mass is 258 g/mol. The van der Waals surface area contributed by atoms with Crippen LogP contribution in [0, 0.1) is 6.92 Å². The molecule has 0 aromatic heterocycles. The quantitative estimate of drug-likeness (QED) is 0.675. The average molecular weight is 258 g/mol. The third-order valence-corrected chi connectivity index (χ3v) is 3.71. The molecule has 1 atom stereocenters. The number of carbonyl (C=O) groups is 1. The van der Waals surface area contributed by atoms with Crippen LogP contribution in [0.2, 0.25) is 0 Å². The number of fused-ring (bicyclic) bond motifs is 2. The molecule has 2 aromatic carbocycles. The minimum Gasteiger partial charge on any atom is -0.508 e. The summed E-state index contributed by atoms with van der Waals surface area (Å²) in [6.07, 6.45) is -0.122. The summed E-state index contributed by atoms with van der Waals surface area (Å²) in [4.78, 5) is 12.0. The third-order valence-electron chi connectivity index (χ3n) is 3.71. The van der Waals surface area contributed by atoms with Crippen LogP contribution in [0.15, 0.2) is 18.2 Å². The fourth-order valence-electron chi connectivity index (χ4n) is 2.83. The molecule has 0 fully saturated rings. The molecule has 3 rings (SSSR count). The van der Waals surface area contributed by atoms with Crippen LogP contribution < -0.4 is 0 Å². The van der Waals surface area contributed by atoms with Crippen LogP contribution in [0.3, 0.4) is 0 Å². The van der Waals surface area contributed by atoms with Crippen molar-refractivity contribution in [2.24, 2.45) is 0 Å². The molecule has 0 saturated heterocycles. The van der Waals surface area contributed by atoms with Gasteiger partial charge in [-0.15, -0.1) is 0 Å². The first-order valence-electron chi connectivity index (χ1n) is 6.19. The van der Waals surface area contributed by atoms with Crippen LogP contribution in [0.5, 0.6) is 11.5 Å². The van der Waals surface area contributed by atoms with Gasteiger partial charge in [-0.1, -0.05) is 6.07 Å². The number of aryl methyl sites for hydroxylation is 2. The van der Waals surface area contributed by atoms with Crippen molar-refractivity contribution in [1.29, 1.82) is 0 Å². The Kier molecular flexibility index (Phi) is 2.50. The lowest BCUT2D eigenvalue weighted by Crippen LogP contribution is -2.27. The van der Waals surface area contributed by atoms with Gasteiger partial charge in [-0.2, -0.15) is 0 Å². The first-order chi connectivity index (χ1) is 8.99. The van der Waals surface area contributed by atoms with Crippen molar-refractivity contribution in [3.8, 4) is 11.5 Å². The second kappa shape index (κ2) is 3.96. The summed E-state index contributed by atoms with van der Waals surface area (Å²) < 4.78 is 0. The van der Waals surface area contributed by atoms with Gasteiger partial charge in [0.2, 0.25) is 0 Å². The Morgan fingerprint density at radius 1 is 1.21 bits per heavy atom. The Morgan fingerprint density at radius 2 is 1.95 bits per heavy atom. The summed E-state index contributed by atoms with van der Waals surface area (Å²) >= 11 is 0. The maximum Gasteiger partial charge on any atom is 0.195 e. The first-order valence-corrected chi connectivity index (χ1v) is 6.19. The summed E-state index contributed by atoms with van der Waals surface area (Å²) in [7, 11) is 0. The molecule has 4 heteroatoms. The molecule has 0 radical (unpaired) electrons. The van der Waals surface area contributed by atoms with E-state index in [1.54, 1.807) is 19.1 Å². The van der Waals surface area contributed by atoms with E-state index in [9.17, 15) is 20.1 Å². The average Bonchev–Trinajstić information content (AvgIpc) is 2.32. The van der Waals surface area contributed by atoms with Crippen molar-refractivity contribution in [3.63, 3.8) is 0 Å². The second-order valence-electron chi connectivity index (χ2n) is 5.04. The van der Waals surface area contributed by atoms with Crippen LogP contribution >= 0.6 is 0 Å². The topological polar surface area (TPSA) is 77.8 Å². The highest BCUT2D eigenvalue weighted by Crippen LogP contribution is 2.39. The number of aliphatic hydroxyl groups is 1. The summed E-state index contributed by atoms with van der Waals surface area (Å²) in [5.74, 6) is -0.381. The zero-order valence-corrected chi connectivity index (χ0v) is 10.5. The van der Waals surface area contributed by atoms with Gasteiger partial charge in [-0.25, -0.2) is 0 Å². The maximum atomic E-state index is 12.0. The molecule has 0 aliphatic heterocycles. The summed E-state index contributed by atoms with van der Waals surface area (Å²) in [6.45, 7) is 1.76. The van der Waals surface area contributed by atoms with Crippen LogP contribution in [0.25, 0.3) is 10.8 Å². The van der Waals surface area contributed by atoms with Gasteiger partial charge in [0.15, 0.2) is 5.78 Å². The van der Waals surface area contributed by atoms with Gasteiger partial charge in [0.25, 0.3) is 0 Å². The number of phenols is 2. The van der Waals surface area contributed by atoms with Gasteiger partial charge in [0, 0.05) is 5.39 Å². The van der Waals surface area contributed by atoms with E-state index in [2.05, 4.69) is 0 Å². The maximum absolute atomic E-state index is 12.0. The predicted octanol–water partition coefficient (Wildman–Crippen LogP) is 2.05. The van der Waals surface area contributed by atoms with Crippen LogP contribution in [0.1, 0.15) is 27.9 Å². The zero-order chi connectivity index (χ0) is 13.7. The standard InChI is InChI=1S/C15H14O4/c1-7-4-10(16)6-9-5-8-2-3-11(17)14(18)13(8)15(19)12(7)9/h4-6,11,16-17,19H,2-3H2,1H3. The molecule has 0 heterocycles. The van der Waals surface area contributed by atoms with E-state index in [-0.39, 0.29) is 17.1 Å². The largest absolute Gasteiger partial charge is 0.508 e. The Labute approximate surface area is 109 Å². The van der Waals surface area contributed by atoms with Gasteiger partial charge in [0.1, 0.15) is 17.6 Å². The lowest BCUT2D eigenvalue weighted by molar-refractivity contribution is 0.0709. The third kappa shape index (κ3) is 1.68. The number of carbonyl (C=O) groups excluding carboxylic acids is 1. The molecule has 1 aliphatic carbocycles. The van der Waals surface area contributed by atoms with Crippen molar-refractivity contribution in [3.05, 3.63) is 34.9 Å². The molecule has 0 bridgehead atoms. The summed E-state index contributed by atoms with van der Waals surface area (Å²) in [6, 6.07) is 4.91. The smallest absolute Gasteiger partial charge is 0.195 e. The molecular weight excluding hydrogens is 244 g/mol. The van der Waals surface area contributed by atoms with E-state index in [1.165, 1.54) is 6.07 Å². The minimum atomic E-state index is -1.03. The molecule has 0 saturated carbocycles. The molecule has 19 heavy (non-hydrogen) atoms. The van der Waals surface area contributed by atoms with Crippen molar-refractivity contribution < 1.29 is 20.1 Å². The Hall–Kier alpha value is -2.07. The molecule has 98 valence electrons. The highest BCUT2D eigenvalue weighted by atomic mass is 16.3. The number of ketones is 1. The van der Waals surface area contributed by atoms with Crippen LogP contribution in [0.4, 0.5) is 0 Å². The van der Waals surface area contributed by atoms with Crippen molar-refractivity contribution in [2.45, 2.75) is 25.9 Å². The number of phenolic OH excluding ortho intramolecular Hbond substituents is 2. The van der Waals surface area contributed by atoms with Gasteiger partial charge >= 0.3 is 0 Å². The highest BCUT2D eigenvalue weighted by Gasteiger charge is 2.29. The van der Waals surface area contributed by atoms with Gasteiger partial charge in [0.05, 0.1) is 5.56 Å². The molecule has 4 nitrogen and oxygen atoms in total. The molecule has 0 spiro atoms. The molecular formula is C15H14O4. The molecule has 0 amide bonds. The van der Waals surface area contributed by atoms with E-state index in [0.29, 0.717) is 29.2 Å². The van der Waals surface area contributed by atoms with E-state index in [0.717, 1.165) is 5.56 Å². The minimum absolute atomic E-state index is 0.0891. The lowest BCUT2D eigenvalue weighted by Gasteiger charge is -2.22. The number of hydrogen-bond acceptors (Lipinski definition) is 4. The van der Waals surface area contributed by atoms with Gasteiger partial charge in [-0.05, 0) is 48.4 Å². The zero-order valence-electron chi connectivity index (χ0n) is 10.5. The normalized spacial score (nSPS) is 18.6. The Morgan fingerprint density at radius 3 is 2.68 bits per heavy atom. The van der Waals surface area contributed by atoms with E-state index in [4.69, 9.17) is 0 Å². The lowest BCUT2D eigenvalue weighted by atomic mass is 9.85. The number of Topliss-reactive ketones (excluding diaryl/α,β-unsaturated/α-hetero) is 1. The number of rotatable bonds is 0. The van der Waals surface area contributed by atoms with Gasteiger partial charge < -0.3 is 15.3 Å². The van der Waals surface area contributed by atoms with E-state index >= 15 is 0 Å². The first kappa shape index (κ1) is 12.0. The number of aromatic hydroxyl groups is 2. The number of aliphatic hydroxyl groups excluding tert-OH is 1. The fraction of sp³-hybridized carbons (Fsp3) is 0.267.